The lowest BCUT2D eigenvalue weighted by molar-refractivity contribution is 0.587. The van der Waals surface area contributed by atoms with Crippen molar-refractivity contribution in [1.82, 2.24) is 14.5 Å². The zero-order valence-corrected chi connectivity index (χ0v) is 10.7. The molecule has 6 nitrogen and oxygen atoms in total. The van der Waals surface area contributed by atoms with E-state index < -0.39 is 0 Å². The van der Waals surface area contributed by atoms with Gasteiger partial charge < -0.3 is 14.7 Å². The number of imidazole rings is 1. The molecule has 6 heteroatoms. The van der Waals surface area contributed by atoms with Crippen molar-refractivity contribution in [2.75, 3.05) is 5.73 Å². The molecule has 0 aliphatic heterocycles. The highest BCUT2D eigenvalue weighted by atomic mass is 16.4. The minimum atomic E-state index is 0.0164. The third-order valence-electron chi connectivity index (χ3n) is 2.95. The molecule has 1 aromatic carbocycles. The molecule has 0 amide bonds. The van der Waals surface area contributed by atoms with Crippen LogP contribution in [0.5, 0.6) is 0 Å². The number of benzene rings is 1. The maximum Gasteiger partial charge on any atom is 0.249 e. The van der Waals surface area contributed by atoms with Crippen LogP contribution in [0, 0.1) is 11.3 Å². The number of anilines is 1. The monoisotopic (exact) mass is 265 g/mol. The lowest BCUT2D eigenvalue weighted by atomic mass is 10.1. The van der Waals surface area contributed by atoms with E-state index in [2.05, 4.69) is 9.97 Å². The first-order chi connectivity index (χ1) is 9.70. The Morgan fingerprint density at radius 3 is 2.70 bits per heavy atom. The topological polar surface area (TPSA) is 93.7 Å². The second-order valence-corrected chi connectivity index (χ2v) is 4.26. The minimum Gasteiger partial charge on any atom is -0.418 e. The molecule has 98 valence electrons. The van der Waals surface area contributed by atoms with Gasteiger partial charge in [-0.15, -0.1) is 0 Å². The van der Waals surface area contributed by atoms with Crippen molar-refractivity contribution < 1.29 is 4.42 Å². The van der Waals surface area contributed by atoms with Gasteiger partial charge in [0, 0.05) is 12.6 Å². The van der Waals surface area contributed by atoms with Crippen molar-refractivity contribution in [3.8, 4) is 28.9 Å². The normalized spacial score (nSPS) is 10.4. The molecule has 0 radical (unpaired) electrons. The van der Waals surface area contributed by atoms with Gasteiger partial charge in [-0.3, -0.25) is 0 Å². The number of nitrogen functional groups attached to an aromatic ring is 1. The highest BCUT2D eigenvalue weighted by Crippen LogP contribution is 2.31. The summed E-state index contributed by atoms with van der Waals surface area (Å²) in [6.45, 7) is 0. The molecule has 3 rings (SSSR count). The summed E-state index contributed by atoms with van der Waals surface area (Å²) in [7, 11) is 1.83. The molecule has 0 aliphatic rings. The van der Waals surface area contributed by atoms with Gasteiger partial charge in [0.25, 0.3) is 0 Å². The predicted molar refractivity (Wildman–Crippen MR) is 73.3 cm³/mol. The van der Waals surface area contributed by atoms with E-state index in [1.807, 2.05) is 43.4 Å². The number of hydrogen-bond acceptors (Lipinski definition) is 5. The molecule has 2 N–H and O–H groups in total. The molecule has 0 atom stereocenters. The largest absolute Gasteiger partial charge is 0.418 e. The first kappa shape index (κ1) is 12.0. The number of aryl methyl sites for hydroxylation is 1. The van der Waals surface area contributed by atoms with Gasteiger partial charge in [0.15, 0.2) is 0 Å². The van der Waals surface area contributed by atoms with Crippen molar-refractivity contribution in [3.63, 3.8) is 0 Å². The van der Waals surface area contributed by atoms with Gasteiger partial charge >= 0.3 is 0 Å². The number of nitriles is 1. The van der Waals surface area contributed by atoms with E-state index in [-0.39, 0.29) is 17.5 Å². The molecular weight excluding hydrogens is 254 g/mol. The SMILES string of the molecule is Cn1cnc(-c2ccccc2)c1-c1nc(C#N)c(N)o1. The van der Waals surface area contributed by atoms with Crippen LogP contribution in [0.1, 0.15) is 5.69 Å². The molecule has 0 aliphatic carbocycles. The maximum absolute atomic E-state index is 8.91. The van der Waals surface area contributed by atoms with Crippen LogP contribution >= 0.6 is 0 Å². The quantitative estimate of drug-likeness (QED) is 0.766. The van der Waals surface area contributed by atoms with Gasteiger partial charge in [0.1, 0.15) is 17.5 Å². The van der Waals surface area contributed by atoms with Gasteiger partial charge in [-0.05, 0) is 0 Å². The summed E-state index contributed by atoms with van der Waals surface area (Å²) in [6.07, 6.45) is 1.67. The highest BCUT2D eigenvalue weighted by molar-refractivity contribution is 5.75. The van der Waals surface area contributed by atoms with Crippen LogP contribution in [-0.4, -0.2) is 14.5 Å². The zero-order chi connectivity index (χ0) is 14.1. The molecule has 0 bridgehead atoms. The summed E-state index contributed by atoms with van der Waals surface area (Å²) in [5, 5.41) is 8.91. The number of rotatable bonds is 2. The van der Waals surface area contributed by atoms with Gasteiger partial charge in [0.2, 0.25) is 17.5 Å². The highest BCUT2D eigenvalue weighted by Gasteiger charge is 2.20. The smallest absolute Gasteiger partial charge is 0.249 e. The number of nitrogens with zero attached hydrogens (tertiary/aromatic N) is 4. The molecule has 0 saturated heterocycles. The Morgan fingerprint density at radius 1 is 1.30 bits per heavy atom. The van der Waals surface area contributed by atoms with Crippen LogP contribution in [-0.2, 0) is 7.05 Å². The Kier molecular flexibility index (Phi) is 2.73. The van der Waals surface area contributed by atoms with Crippen LogP contribution < -0.4 is 5.73 Å². The van der Waals surface area contributed by atoms with E-state index in [0.29, 0.717) is 5.69 Å². The van der Waals surface area contributed by atoms with Crippen molar-refractivity contribution in [3.05, 3.63) is 42.4 Å². The van der Waals surface area contributed by atoms with Crippen molar-refractivity contribution in [2.24, 2.45) is 7.05 Å². The van der Waals surface area contributed by atoms with Crippen LogP contribution in [0.2, 0.25) is 0 Å². The zero-order valence-electron chi connectivity index (χ0n) is 10.7. The van der Waals surface area contributed by atoms with Gasteiger partial charge in [-0.25, -0.2) is 4.98 Å². The van der Waals surface area contributed by atoms with E-state index in [4.69, 9.17) is 15.4 Å². The molecule has 0 spiro atoms. The molecule has 2 heterocycles. The molecule has 0 unspecified atom stereocenters. The molecule has 20 heavy (non-hydrogen) atoms. The molecule has 0 saturated carbocycles. The average Bonchev–Trinajstić information content (AvgIpc) is 3.02. The number of oxazole rings is 1. The fourth-order valence-electron chi connectivity index (χ4n) is 2.00. The van der Waals surface area contributed by atoms with E-state index >= 15 is 0 Å². The van der Waals surface area contributed by atoms with Crippen molar-refractivity contribution in [2.45, 2.75) is 0 Å². The fraction of sp³-hybridized carbons (Fsp3) is 0.0714. The minimum absolute atomic E-state index is 0.0164. The summed E-state index contributed by atoms with van der Waals surface area (Å²) in [6, 6.07) is 11.6. The first-order valence-electron chi connectivity index (χ1n) is 5.94. The van der Waals surface area contributed by atoms with Crippen molar-refractivity contribution >= 4 is 5.88 Å². The summed E-state index contributed by atoms with van der Waals surface area (Å²) in [5.41, 5.74) is 8.06. The Hall–Kier alpha value is -3.07. The second kappa shape index (κ2) is 4.55. The second-order valence-electron chi connectivity index (χ2n) is 4.26. The molecule has 2 aromatic heterocycles. The van der Waals surface area contributed by atoms with Gasteiger partial charge in [0.05, 0.1) is 6.33 Å². The third kappa shape index (κ3) is 1.82. The summed E-state index contributed by atoms with van der Waals surface area (Å²) in [4.78, 5) is 8.47. The standard InChI is InChI=1S/C14H11N5O/c1-19-8-17-11(9-5-3-2-4-6-9)12(19)14-18-10(7-15)13(16)20-14/h2-6,8H,16H2,1H3. The van der Waals surface area contributed by atoms with Crippen LogP contribution in [0.15, 0.2) is 41.1 Å². The van der Waals surface area contributed by atoms with Crippen molar-refractivity contribution in [1.29, 1.82) is 5.26 Å². The van der Waals surface area contributed by atoms with Crippen LogP contribution in [0.4, 0.5) is 5.88 Å². The Balaban J connectivity index is 2.19. The molecule has 3 aromatic rings. The lowest BCUT2D eigenvalue weighted by Crippen LogP contribution is -1.92. The molecule has 0 fully saturated rings. The number of hydrogen-bond donors (Lipinski definition) is 1. The summed E-state index contributed by atoms with van der Waals surface area (Å²) in [5.74, 6) is 0.306. The fourth-order valence-corrected chi connectivity index (χ4v) is 2.00. The number of aromatic nitrogens is 3. The predicted octanol–water partition coefficient (Wildman–Crippen LogP) is 2.20. The summed E-state index contributed by atoms with van der Waals surface area (Å²) >= 11 is 0. The maximum atomic E-state index is 8.91. The Labute approximate surface area is 115 Å². The van der Waals surface area contributed by atoms with Crippen LogP contribution in [0.25, 0.3) is 22.8 Å². The van der Waals surface area contributed by atoms with Crippen LogP contribution in [0.3, 0.4) is 0 Å². The average molecular weight is 265 g/mol. The first-order valence-corrected chi connectivity index (χ1v) is 5.94. The third-order valence-corrected chi connectivity index (χ3v) is 2.95. The molecular formula is C14H11N5O. The van der Waals surface area contributed by atoms with E-state index in [0.717, 1.165) is 11.3 Å². The lowest BCUT2D eigenvalue weighted by Gasteiger charge is -2.02. The van der Waals surface area contributed by atoms with E-state index in [1.54, 1.807) is 10.9 Å². The van der Waals surface area contributed by atoms with Gasteiger partial charge in [-0.2, -0.15) is 10.2 Å². The van der Waals surface area contributed by atoms with Gasteiger partial charge in [-0.1, -0.05) is 30.3 Å². The Bertz CT molecular complexity index is 795. The number of nitrogens with two attached hydrogens (primary N) is 1. The summed E-state index contributed by atoms with van der Waals surface area (Å²) < 4.78 is 7.16. The van der Waals surface area contributed by atoms with E-state index in [1.165, 1.54) is 0 Å². The van der Waals surface area contributed by atoms with E-state index in [9.17, 15) is 0 Å². The Morgan fingerprint density at radius 2 is 2.05 bits per heavy atom.